The number of carbonyl (C=O) groups excluding carboxylic acids is 2. The van der Waals surface area contributed by atoms with Crippen molar-refractivity contribution < 1.29 is 9.59 Å². The third-order valence-corrected chi connectivity index (χ3v) is 4.87. The average Bonchev–Trinajstić information content (AvgIpc) is 2.89. The molecule has 0 fully saturated rings. The predicted molar refractivity (Wildman–Crippen MR) is 105 cm³/mol. The second-order valence-electron chi connectivity index (χ2n) is 6.97. The van der Waals surface area contributed by atoms with Gasteiger partial charge in [-0.1, -0.05) is 31.2 Å². The van der Waals surface area contributed by atoms with E-state index in [1.807, 2.05) is 27.9 Å². The highest BCUT2D eigenvalue weighted by Crippen LogP contribution is 2.20. The molecule has 1 aromatic heterocycles. The summed E-state index contributed by atoms with van der Waals surface area (Å²) in [7, 11) is 4.00. The summed E-state index contributed by atoms with van der Waals surface area (Å²) in [5.74, 6) is -0.215. The first-order valence-corrected chi connectivity index (χ1v) is 8.99. The van der Waals surface area contributed by atoms with Gasteiger partial charge in [-0.05, 0) is 58.0 Å². The van der Waals surface area contributed by atoms with Crippen LogP contribution in [0.25, 0.3) is 0 Å². The predicted octanol–water partition coefficient (Wildman–Crippen LogP) is 3.43. The number of aromatic nitrogens is 1. The molecule has 0 bridgehead atoms. The number of ketones is 1. The van der Waals surface area contributed by atoms with E-state index >= 15 is 0 Å². The Morgan fingerprint density at radius 3 is 2.23 bits per heavy atom. The van der Waals surface area contributed by atoms with Gasteiger partial charge in [0.05, 0.1) is 6.04 Å². The highest BCUT2D eigenvalue weighted by atomic mass is 16.2. The number of aryl methyl sites for hydroxylation is 2. The van der Waals surface area contributed by atoms with Gasteiger partial charge in [-0.2, -0.15) is 0 Å². The number of carbonyl (C=O) groups is 2. The van der Waals surface area contributed by atoms with Gasteiger partial charge in [0.15, 0.2) is 5.78 Å². The molecule has 0 aliphatic heterocycles. The van der Waals surface area contributed by atoms with Gasteiger partial charge in [-0.15, -0.1) is 0 Å². The minimum absolute atomic E-state index is 0.0301. The van der Waals surface area contributed by atoms with E-state index in [9.17, 15) is 9.59 Å². The quantitative estimate of drug-likeness (QED) is 0.748. The van der Waals surface area contributed by atoms with Crippen LogP contribution in [-0.4, -0.2) is 42.2 Å². The smallest absolute Gasteiger partial charge is 0.268 e. The third kappa shape index (κ3) is 4.22. The van der Waals surface area contributed by atoms with Crippen LogP contribution in [0.3, 0.4) is 0 Å². The number of likely N-dealkylation sites (N-methyl/N-ethyl adjacent to an activating group) is 1. The molecule has 0 saturated carbocycles. The van der Waals surface area contributed by atoms with Crippen molar-refractivity contribution in [2.24, 2.45) is 0 Å². The van der Waals surface area contributed by atoms with Crippen LogP contribution < -0.4 is 5.32 Å². The van der Waals surface area contributed by atoms with Gasteiger partial charge in [0, 0.05) is 17.8 Å². The Hall–Kier alpha value is -2.40. The van der Waals surface area contributed by atoms with Crippen molar-refractivity contribution in [2.75, 3.05) is 20.6 Å². The summed E-state index contributed by atoms with van der Waals surface area (Å²) in [6, 6.07) is 8.57. The molecule has 1 amide bonds. The van der Waals surface area contributed by atoms with Crippen LogP contribution in [0.1, 0.15) is 63.1 Å². The number of hydrogen-bond donors (Lipinski definition) is 2. The minimum atomic E-state index is -0.185. The van der Waals surface area contributed by atoms with Gasteiger partial charge >= 0.3 is 0 Å². The zero-order valence-electron chi connectivity index (χ0n) is 16.6. The van der Waals surface area contributed by atoms with Crippen molar-refractivity contribution in [1.29, 1.82) is 0 Å². The van der Waals surface area contributed by atoms with E-state index in [2.05, 4.69) is 46.4 Å². The largest absolute Gasteiger partial charge is 0.354 e. The Morgan fingerprint density at radius 1 is 1.15 bits per heavy atom. The molecule has 26 heavy (non-hydrogen) atoms. The minimum Gasteiger partial charge on any atom is -0.354 e. The third-order valence-electron chi connectivity index (χ3n) is 4.87. The fourth-order valence-electron chi connectivity index (χ4n) is 3.36. The SMILES string of the molecule is CCc1ccc(C(CNC(=O)c2[nH]c(C)c(C(C)=O)c2C)N(C)C)cc1. The lowest BCUT2D eigenvalue weighted by molar-refractivity contribution is 0.0936. The van der Waals surface area contributed by atoms with Gasteiger partial charge in [-0.25, -0.2) is 0 Å². The van der Waals surface area contributed by atoms with Crippen molar-refractivity contribution in [3.05, 3.63) is 57.9 Å². The molecule has 0 aliphatic rings. The molecule has 1 heterocycles. The van der Waals surface area contributed by atoms with E-state index in [1.54, 1.807) is 0 Å². The van der Waals surface area contributed by atoms with E-state index in [0.29, 0.717) is 23.4 Å². The maximum Gasteiger partial charge on any atom is 0.268 e. The Morgan fingerprint density at radius 2 is 1.77 bits per heavy atom. The lowest BCUT2D eigenvalue weighted by atomic mass is 10.0. The van der Waals surface area contributed by atoms with Crippen LogP contribution in [0.5, 0.6) is 0 Å². The summed E-state index contributed by atoms with van der Waals surface area (Å²) in [4.78, 5) is 29.5. The van der Waals surface area contributed by atoms with Gasteiger partial charge < -0.3 is 15.2 Å². The topological polar surface area (TPSA) is 65.2 Å². The number of aromatic amines is 1. The normalized spacial score (nSPS) is 12.3. The van der Waals surface area contributed by atoms with Gasteiger partial charge in [-0.3, -0.25) is 9.59 Å². The van der Waals surface area contributed by atoms with Crippen molar-refractivity contribution >= 4 is 11.7 Å². The summed E-state index contributed by atoms with van der Waals surface area (Å²) in [5, 5.41) is 3.00. The number of amides is 1. The van der Waals surface area contributed by atoms with Crippen LogP contribution in [-0.2, 0) is 6.42 Å². The first-order chi connectivity index (χ1) is 12.3. The van der Waals surface area contributed by atoms with Crippen LogP contribution in [0.4, 0.5) is 0 Å². The van der Waals surface area contributed by atoms with E-state index in [-0.39, 0.29) is 17.7 Å². The Kier molecular flexibility index (Phi) is 6.37. The zero-order chi connectivity index (χ0) is 19.4. The molecule has 0 radical (unpaired) electrons. The molecule has 5 heteroatoms. The number of hydrogen-bond acceptors (Lipinski definition) is 3. The summed E-state index contributed by atoms with van der Waals surface area (Å²) in [6.07, 6.45) is 1.01. The Bertz CT molecular complexity index is 788. The summed E-state index contributed by atoms with van der Waals surface area (Å²) in [5.41, 5.74) is 4.97. The van der Waals surface area contributed by atoms with E-state index in [1.165, 1.54) is 12.5 Å². The molecule has 140 valence electrons. The summed E-state index contributed by atoms with van der Waals surface area (Å²) >= 11 is 0. The molecule has 2 aromatic rings. The Labute approximate surface area is 155 Å². The highest BCUT2D eigenvalue weighted by Gasteiger charge is 2.21. The number of nitrogens with zero attached hydrogens (tertiary/aromatic N) is 1. The fraction of sp³-hybridized carbons (Fsp3) is 0.429. The van der Waals surface area contributed by atoms with Crippen molar-refractivity contribution in [2.45, 2.75) is 40.2 Å². The van der Waals surface area contributed by atoms with Crippen molar-refractivity contribution in [3.63, 3.8) is 0 Å². The molecule has 0 saturated heterocycles. The molecule has 2 rings (SSSR count). The highest BCUT2D eigenvalue weighted by molar-refractivity contribution is 6.02. The van der Waals surface area contributed by atoms with Crippen LogP contribution in [0.2, 0.25) is 0 Å². The summed E-state index contributed by atoms with van der Waals surface area (Å²) < 4.78 is 0. The monoisotopic (exact) mass is 355 g/mol. The molecule has 1 unspecified atom stereocenters. The summed E-state index contributed by atoms with van der Waals surface area (Å²) in [6.45, 7) is 7.77. The molecule has 1 aromatic carbocycles. The maximum atomic E-state index is 12.6. The molecular formula is C21H29N3O2. The van der Waals surface area contributed by atoms with Gasteiger partial charge in [0.2, 0.25) is 0 Å². The average molecular weight is 355 g/mol. The number of nitrogens with one attached hydrogen (secondary N) is 2. The lowest BCUT2D eigenvalue weighted by Crippen LogP contribution is -2.35. The maximum absolute atomic E-state index is 12.6. The fourth-order valence-corrected chi connectivity index (χ4v) is 3.36. The van der Waals surface area contributed by atoms with E-state index < -0.39 is 0 Å². The number of H-pyrrole nitrogens is 1. The first kappa shape index (κ1) is 19.9. The molecular weight excluding hydrogens is 326 g/mol. The second-order valence-corrected chi connectivity index (χ2v) is 6.97. The molecule has 2 N–H and O–H groups in total. The van der Waals surface area contributed by atoms with Crippen molar-refractivity contribution in [3.8, 4) is 0 Å². The zero-order valence-corrected chi connectivity index (χ0v) is 16.6. The van der Waals surface area contributed by atoms with Crippen LogP contribution >= 0.6 is 0 Å². The van der Waals surface area contributed by atoms with Crippen LogP contribution in [0, 0.1) is 13.8 Å². The number of Topliss-reactive ketones (excluding diaryl/α,β-unsaturated/α-hetero) is 1. The second kappa shape index (κ2) is 8.32. The Balaban J connectivity index is 2.15. The van der Waals surface area contributed by atoms with E-state index in [4.69, 9.17) is 0 Å². The molecule has 1 atom stereocenters. The lowest BCUT2D eigenvalue weighted by Gasteiger charge is -2.25. The van der Waals surface area contributed by atoms with Gasteiger partial charge in [0.1, 0.15) is 5.69 Å². The number of rotatable bonds is 7. The molecule has 0 spiro atoms. The van der Waals surface area contributed by atoms with E-state index in [0.717, 1.165) is 17.7 Å². The standard InChI is InChI=1S/C21H29N3O2/c1-7-16-8-10-17(11-9-16)18(24(5)6)12-22-21(26)20-13(2)19(15(4)25)14(3)23-20/h8-11,18,23H,7,12H2,1-6H3,(H,22,26). The number of benzene rings is 1. The van der Waals surface area contributed by atoms with Crippen LogP contribution in [0.15, 0.2) is 24.3 Å². The molecule has 5 nitrogen and oxygen atoms in total. The van der Waals surface area contributed by atoms with Crippen molar-refractivity contribution in [1.82, 2.24) is 15.2 Å². The molecule has 0 aliphatic carbocycles. The first-order valence-electron chi connectivity index (χ1n) is 8.99. The van der Waals surface area contributed by atoms with Gasteiger partial charge in [0.25, 0.3) is 5.91 Å².